The minimum absolute atomic E-state index is 0.152. The highest BCUT2D eigenvalue weighted by Crippen LogP contribution is 2.03. The molecule has 3 heteroatoms. The summed E-state index contributed by atoms with van der Waals surface area (Å²) in [7, 11) is 1.64. The van der Waals surface area contributed by atoms with E-state index in [4.69, 9.17) is 4.74 Å². The van der Waals surface area contributed by atoms with Crippen LogP contribution in [0.1, 0.15) is 23.2 Å². The number of hydrogen-bond donors (Lipinski definition) is 0. The van der Waals surface area contributed by atoms with Crippen LogP contribution in [0.15, 0.2) is 24.5 Å². The molecule has 70 valence electrons. The van der Waals surface area contributed by atoms with E-state index in [0.717, 1.165) is 12.0 Å². The van der Waals surface area contributed by atoms with Crippen molar-refractivity contribution in [3.8, 4) is 0 Å². The second-order valence-electron chi connectivity index (χ2n) is 2.76. The molecule has 0 amide bonds. The van der Waals surface area contributed by atoms with Gasteiger partial charge in [0.1, 0.15) is 0 Å². The van der Waals surface area contributed by atoms with Crippen LogP contribution in [0.5, 0.6) is 0 Å². The van der Waals surface area contributed by atoms with Gasteiger partial charge in [0.15, 0.2) is 5.78 Å². The first-order valence-electron chi connectivity index (χ1n) is 4.27. The third kappa shape index (κ3) is 3.34. The quantitative estimate of drug-likeness (QED) is 0.510. The number of hydrogen-bond acceptors (Lipinski definition) is 3. The van der Waals surface area contributed by atoms with E-state index in [9.17, 15) is 4.79 Å². The van der Waals surface area contributed by atoms with Gasteiger partial charge in [-0.2, -0.15) is 0 Å². The number of pyridine rings is 1. The van der Waals surface area contributed by atoms with Crippen molar-refractivity contribution in [2.45, 2.75) is 12.8 Å². The molecule has 1 aromatic heterocycles. The highest BCUT2D eigenvalue weighted by molar-refractivity contribution is 5.95. The van der Waals surface area contributed by atoms with Gasteiger partial charge in [-0.15, -0.1) is 0 Å². The fourth-order valence-electron chi connectivity index (χ4n) is 1.06. The van der Waals surface area contributed by atoms with Crippen molar-refractivity contribution in [2.24, 2.45) is 0 Å². The maximum absolute atomic E-state index is 11.4. The molecule has 3 nitrogen and oxygen atoms in total. The lowest BCUT2D eigenvalue weighted by Crippen LogP contribution is -2.01. The Hall–Kier alpha value is -1.22. The fourth-order valence-corrected chi connectivity index (χ4v) is 1.06. The summed E-state index contributed by atoms with van der Waals surface area (Å²) in [4.78, 5) is 15.3. The second-order valence-corrected chi connectivity index (χ2v) is 2.76. The van der Waals surface area contributed by atoms with Gasteiger partial charge in [0.05, 0.1) is 0 Å². The minimum Gasteiger partial charge on any atom is -0.385 e. The van der Waals surface area contributed by atoms with Crippen molar-refractivity contribution in [3.63, 3.8) is 0 Å². The Kier molecular flexibility index (Phi) is 4.12. The topological polar surface area (TPSA) is 39.2 Å². The molecule has 0 bridgehead atoms. The van der Waals surface area contributed by atoms with Crippen LogP contribution in [0, 0.1) is 0 Å². The van der Waals surface area contributed by atoms with Crippen molar-refractivity contribution >= 4 is 5.78 Å². The van der Waals surface area contributed by atoms with Crippen LogP contribution in [0.25, 0.3) is 0 Å². The summed E-state index contributed by atoms with van der Waals surface area (Å²) in [6, 6.07) is 3.46. The van der Waals surface area contributed by atoms with Crippen LogP contribution in [0.2, 0.25) is 0 Å². The molecule has 0 unspecified atom stereocenters. The summed E-state index contributed by atoms with van der Waals surface area (Å²) in [5.74, 6) is 0.152. The molecule has 0 radical (unpaired) electrons. The average molecular weight is 179 g/mol. The molecule has 0 atom stereocenters. The molecule has 0 aliphatic rings. The number of methoxy groups -OCH3 is 1. The van der Waals surface area contributed by atoms with E-state index in [0.29, 0.717) is 13.0 Å². The Morgan fingerprint density at radius 1 is 1.46 bits per heavy atom. The predicted octanol–water partition coefficient (Wildman–Crippen LogP) is 1.69. The van der Waals surface area contributed by atoms with Gasteiger partial charge in [-0.25, -0.2) is 0 Å². The smallest absolute Gasteiger partial charge is 0.163 e. The van der Waals surface area contributed by atoms with Gasteiger partial charge < -0.3 is 4.74 Å². The average Bonchev–Trinajstić information content (AvgIpc) is 2.19. The molecule has 13 heavy (non-hydrogen) atoms. The monoisotopic (exact) mass is 179 g/mol. The van der Waals surface area contributed by atoms with Gasteiger partial charge in [0.25, 0.3) is 0 Å². The summed E-state index contributed by atoms with van der Waals surface area (Å²) in [6.45, 7) is 0.636. The maximum Gasteiger partial charge on any atom is 0.163 e. The van der Waals surface area contributed by atoms with E-state index in [2.05, 4.69) is 4.98 Å². The fraction of sp³-hybridized carbons (Fsp3) is 0.400. The van der Waals surface area contributed by atoms with Crippen molar-refractivity contribution in [3.05, 3.63) is 30.1 Å². The standard InChI is InChI=1S/C10H13NO2/c1-13-8-2-3-10(12)9-4-6-11-7-5-9/h4-7H,2-3,8H2,1H3. The van der Waals surface area contributed by atoms with E-state index in [1.807, 2.05) is 0 Å². The summed E-state index contributed by atoms with van der Waals surface area (Å²) in [6.07, 6.45) is 4.57. The molecule has 0 aliphatic carbocycles. The van der Waals surface area contributed by atoms with Gasteiger partial charge >= 0.3 is 0 Å². The van der Waals surface area contributed by atoms with Crippen LogP contribution < -0.4 is 0 Å². The zero-order valence-corrected chi connectivity index (χ0v) is 7.69. The summed E-state index contributed by atoms with van der Waals surface area (Å²) < 4.78 is 4.86. The molecule has 1 heterocycles. The van der Waals surface area contributed by atoms with Gasteiger partial charge in [-0.05, 0) is 18.6 Å². The molecule has 0 aliphatic heterocycles. The first-order chi connectivity index (χ1) is 6.34. The van der Waals surface area contributed by atoms with Crippen molar-refractivity contribution < 1.29 is 9.53 Å². The highest BCUT2D eigenvalue weighted by atomic mass is 16.5. The number of carbonyl (C=O) groups is 1. The summed E-state index contributed by atoms with van der Waals surface area (Å²) in [5, 5.41) is 0. The van der Waals surface area contributed by atoms with Crippen LogP contribution in [0.4, 0.5) is 0 Å². The van der Waals surface area contributed by atoms with E-state index in [-0.39, 0.29) is 5.78 Å². The maximum atomic E-state index is 11.4. The van der Waals surface area contributed by atoms with E-state index < -0.39 is 0 Å². The Balaban J connectivity index is 2.40. The number of carbonyl (C=O) groups excluding carboxylic acids is 1. The van der Waals surface area contributed by atoms with Crippen LogP contribution >= 0.6 is 0 Å². The Labute approximate surface area is 77.8 Å². The molecule has 0 saturated heterocycles. The lowest BCUT2D eigenvalue weighted by atomic mass is 10.1. The normalized spacial score (nSPS) is 9.92. The third-order valence-corrected chi connectivity index (χ3v) is 1.75. The molecule has 0 spiro atoms. The van der Waals surface area contributed by atoms with E-state index >= 15 is 0 Å². The Bertz CT molecular complexity index is 259. The predicted molar refractivity (Wildman–Crippen MR) is 49.7 cm³/mol. The first-order valence-corrected chi connectivity index (χ1v) is 4.27. The van der Waals surface area contributed by atoms with Crippen LogP contribution in [-0.2, 0) is 4.74 Å². The number of rotatable bonds is 5. The summed E-state index contributed by atoms with van der Waals surface area (Å²) >= 11 is 0. The Morgan fingerprint density at radius 2 is 2.15 bits per heavy atom. The van der Waals surface area contributed by atoms with E-state index in [1.54, 1.807) is 31.6 Å². The molecular formula is C10H13NO2. The lowest BCUT2D eigenvalue weighted by Gasteiger charge is -1.99. The molecule has 0 N–H and O–H groups in total. The molecule has 0 aromatic carbocycles. The van der Waals surface area contributed by atoms with Gasteiger partial charge in [-0.3, -0.25) is 9.78 Å². The van der Waals surface area contributed by atoms with E-state index in [1.165, 1.54) is 0 Å². The van der Waals surface area contributed by atoms with Crippen molar-refractivity contribution in [1.82, 2.24) is 4.98 Å². The van der Waals surface area contributed by atoms with Gasteiger partial charge in [0, 0.05) is 38.1 Å². The molecule has 1 rings (SSSR count). The van der Waals surface area contributed by atoms with Gasteiger partial charge in [0.2, 0.25) is 0 Å². The number of nitrogens with zero attached hydrogens (tertiary/aromatic N) is 1. The molecule has 0 fully saturated rings. The van der Waals surface area contributed by atoms with Crippen molar-refractivity contribution in [1.29, 1.82) is 0 Å². The third-order valence-electron chi connectivity index (χ3n) is 1.75. The Morgan fingerprint density at radius 3 is 2.77 bits per heavy atom. The first kappa shape index (κ1) is 9.86. The second kappa shape index (κ2) is 5.43. The lowest BCUT2D eigenvalue weighted by molar-refractivity contribution is 0.0963. The number of ether oxygens (including phenoxy) is 1. The SMILES string of the molecule is COCCCC(=O)c1ccncc1. The minimum atomic E-state index is 0.152. The summed E-state index contributed by atoms with van der Waals surface area (Å²) in [5.41, 5.74) is 0.728. The number of aromatic nitrogens is 1. The van der Waals surface area contributed by atoms with Crippen molar-refractivity contribution in [2.75, 3.05) is 13.7 Å². The molecular weight excluding hydrogens is 166 g/mol. The largest absolute Gasteiger partial charge is 0.385 e. The molecule has 0 saturated carbocycles. The van der Waals surface area contributed by atoms with Crippen LogP contribution in [-0.4, -0.2) is 24.5 Å². The zero-order chi connectivity index (χ0) is 9.52. The number of Topliss-reactive ketones (excluding diaryl/α,β-unsaturated/α-hetero) is 1. The van der Waals surface area contributed by atoms with Gasteiger partial charge in [-0.1, -0.05) is 0 Å². The number of ketones is 1. The zero-order valence-electron chi connectivity index (χ0n) is 7.69. The van der Waals surface area contributed by atoms with Crippen LogP contribution in [0.3, 0.4) is 0 Å². The highest BCUT2D eigenvalue weighted by Gasteiger charge is 2.03. The molecule has 1 aromatic rings.